The van der Waals surface area contributed by atoms with Crippen molar-refractivity contribution in [2.24, 2.45) is 11.5 Å². The number of hydrogen-bond acceptors (Lipinski definition) is 9. The molecule has 0 bridgehead atoms. The summed E-state index contributed by atoms with van der Waals surface area (Å²) in [5.41, 5.74) is 17.0. The second kappa shape index (κ2) is 20.2. The largest absolute Gasteiger partial charge is 0.342 e. The number of nitrogens with two attached hydrogens (primary N) is 2. The normalized spacial score (nSPS) is 19.0. The molecule has 6 N–H and O–H groups in total. The number of halogens is 1. The third-order valence-electron chi connectivity index (χ3n) is 13.2. The number of Topliss-reactive ketones (excluding diaryl/α,β-unsaturated/α-hetero) is 2. The van der Waals surface area contributed by atoms with Gasteiger partial charge in [0.1, 0.15) is 0 Å². The molecule has 2 heterocycles. The van der Waals surface area contributed by atoms with Crippen LogP contribution < -0.4 is 32.1 Å². The number of hydrogen-bond donors (Lipinski definition) is 4. The van der Waals surface area contributed by atoms with Crippen LogP contribution in [0.2, 0.25) is 5.02 Å². The molecule has 65 heavy (non-hydrogen) atoms. The summed E-state index contributed by atoms with van der Waals surface area (Å²) in [6, 6.07) is 22.7. The first kappa shape index (κ1) is 45.8. The second-order valence-electron chi connectivity index (χ2n) is 17.3. The third kappa shape index (κ3) is 10.2. The highest BCUT2D eigenvalue weighted by molar-refractivity contribution is 7.98. The van der Waals surface area contributed by atoms with E-state index in [4.69, 9.17) is 23.1 Å². The van der Waals surface area contributed by atoms with Gasteiger partial charge in [-0.15, -0.1) is 11.8 Å². The molecule has 16 heteroatoms. The van der Waals surface area contributed by atoms with Crippen molar-refractivity contribution in [3.63, 3.8) is 0 Å². The van der Waals surface area contributed by atoms with E-state index in [9.17, 15) is 28.8 Å². The maximum Gasteiger partial charge on any atom is 0.342 e. The summed E-state index contributed by atoms with van der Waals surface area (Å²) in [6.45, 7) is 2.86. The minimum absolute atomic E-state index is 0.0527. The van der Waals surface area contributed by atoms with Crippen molar-refractivity contribution in [2.75, 3.05) is 42.5 Å². The molecule has 2 saturated carbocycles. The topological polar surface area (TPSA) is 191 Å². The van der Waals surface area contributed by atoms with Crippen molar-refractivity contribution in [1.82, 2.24) is 20.4 Å². The fourth-order valence-corrected chi connectivity index (χ4v) is 9.81. The summed E-state index contributed by atoms with van der Waals surface area (Å²) in [4.78, 5) is 87.6. The highest BCUT2D eigenvalue weighted by Gasteiger charge is 2.39. The Hall–Kier alpha value is -5.74. The van der Waals surface area contributed by atoms with Gasteiger partial charge in [0.2, 0.25) is 0 Å². The molecule has 4 aromatic rings. The van der Waals surface area contributed by atoms with Crippen molar-refractivity contribution in [1.29, 1.82) is 0 Å². The molecule has 14 nitrogen and oxygen atoms in total. The number of anilines is 2. The monoisotopic (exact) mass is 918 g/mol. The van der Waals surface area contributed by atoms with E-state index in [0.717, 1.165) is 46.8 Å². The molecule has 0 radical (unpaired) electrons. The van der Waals surface area contributed by atoms with Gasteiger partial charge < -0.3 is 31.9 Å². The molecule has 6 amide bonds. The summed E-state index contributed by atoms with van der Waals surface area (Å²) in [7, 11) is 0. The molecule has 4 aliphatic rings. The maximum absolute atomic E-state index is 14.7. The van der Waals surface area contributed by atoms with Crippen LogP contribution in [0, 0.1) is 0 Å². The van der Waals surface area contributed by atoms with E-state index < -0.39 is 24.1 Å². The van der Waals surface area contributed by atoms with Gasteiger partial charge in [0.25, 0.3) is 11.8 Å². The van der Waals surface area contributed by atoms with Crippen molar-refractivity contribution >= 4 is 70.2 Å². The van der Waals surface area contributed by atoms with Crippen molar-refractivity contribution in [3.05, 3.63) is 123 Å². The average Bonchev–Trinajstić information content (AvgIpc) is 3.34. The summed E-state index contributed by atoms with van der Waals surface area (Å²) < 4.78 is 0. The number of benzene rings is 4. The van der Waals surface area contributed by atoms with Gasteiger partial charge in [-0.3, -0.25) is 19.2 Å². The zero-order valence-electron chi connectivity index (χ0n) is 36.5. The lowest BCUT2D eigenvalue weighted by Crippen LogP contribution is -2.62. The molecule has 2 aliphatic heterocycles. The van der Waals surface area contributed by atoms with Crippen LogP contribution in [-0.4, -0.2) is 89.8 Å². The Balaban J connectivity index is 1.12. The first-order valence-corrected chi connectivity index (χ1v) is 24.0. The Morgan fingerprint density at radius 2 is 1.08 bits per heavy atom. The van der Waals surface area contributed by atoms with E-state index in [1.54, 1.807) is 28.0 Å². The molecule has 4 aromatic carbocycles. The molecule has 4 fully saturated rings. The Morgan fingerprint density at radius 3 is 1.48 bits per heavy atom. The van der Waals surface area contributed by atoms with Crippen molar-refractivity contribution in [2.45, 2.75) is 93.3 Å². The van der Waals surface area contributed by atoms with Gasteiger partial charge in [-0.1, -0.05) is 60.1 Å². The number of rotatable bonds is 11. The minimum Gasteiger partial charge on any atom is -0.339 e. The Morgan fingerprint density at radius 1 is 0.631 bits per heavy atom. The number of nitrogens with zero attached hydrogens (tertiary/aromatic N) is 4. The van der Waals surface area contributed by atoms with E-state index in [1.165, 1.54) is 41.1 Å². The van der Waals surface area contributed by atoms with Crippen LogP contribution >= 0.6 is 23.4 Å². The zero-order valence-corrected chi connectivity index (χ0v) is 38.0. The summed E-state index contributed by atoms with van der Waals surface area (Å²) in [6.07, 6.45) is 6.22. The Bertz CT molecular complexity index is 2490. The number of likely N-dealkylation sites (tertiary alicyclic amines) is 2. The highest BCUT2D eigenvalue weighted by atomic mass is 35.5. The fourth-order valence-electron chi connectivity index (χ4n) is 9.10. The number of hydrazine groups is 1. The number of thioether (sulfide) groups is 1. The number of carbonyl (C=O) groups excluding carboxylic acids is 6. The van der Waals surface area contributed by atoms with Crippen LogP contribution in [0.25, 0.3) is 0 Å². The van der Waals surface area contributed by atoms with Gasteiger partial charge in [-0.2, -0.15) is 10.0 Å². The third-order valence-corrected chi connectivity index (χ3v) is 14.1. The fraction of sp³-hybridized carbons (Fsp3) is 0.388. The molecule has 8 rings (SSSR count). The maximum atomic E-state index is 14.7. The number of ketones is 2. The quantitative estimate of drug-likeness (QED) is 0.0896. The molecule has 0 aromatic heterocycles. The zero-order chi connectivity index (χ0) is 45.8. The second-order valence-corrected chi connectivity index (χ2v) is 18.6. The van der Waals surface area contributed by atoms with Gasteiger partial charge in [0, 0.05) is 73.2 Å². The summed E-state index contributed by atoms with van der Waals surface area (Å²) in [5, 5.41) is 7.80. The van der Waals surface area contributed by atoms with E-state index in [1.807, 2.05) is 30.5 Å². The standard InChI is InChI=1S/C49H55ClN8O6S/c1-65-41-25-37(47(62)56-18-14-33(15-19-56)35-7-3-5-31(21-35)29-52)24-40(27-41)58(49(64)54-43-9-11-45(43)60)57(48(63)53-42-8-10-44(42)59)39-23-36(22-38(50)26-39)46(61)55-16-12-32(13-17-55)34-6-2-4-30(20-34)28-51/h2-7,20-27,32-33,42-43H,8-19,28-29,51-52H2,1H3,(H,53,63)(H,54,64). The van der Waals surface area contributed by atoms with Crippen LogP contribution in [-0.2, 0) is 22.7 Å². The van der Waals surface area contributed by atoms with E-state index in [2.05, 4.69) is 34.9 Å². The lowest BCUT2D eigenvalue weighted by Gasteiger charge is -2.38. The van der Waals surface area contributed by atoms with Crippen molar-refractivity contribution in [3.8, 4) is 0 Å². The first-order chi connectivity index (χ1) is 31.4. The van der Waals surface area contributed by atoms with Gasteiger partial charge >= 0.3 is 12.1 Å². The van der Waals surface area contributed by atoms with Crippen LogP contribution in [0.1, 0.15) is 106 Å². The highest BCUT2D eigenvalue weighted by Crippen LogP contribution is 2.35. The molecule has 2 unspecified atom stereocenters. The van der Waals surface area contributed by atoms with E-state index in [-0.39, 0.29) is 57.2 Å². The molecular weight excluding hydrogens is 864 g/mol. The molecule has 0 spiro atoms. The summed E-state index contributed by atoms with van der Waals surface area (Å²) >= 11 is 8.15. The van der Waals surface area contributed by atoms with Gasteiger partial charge in [-0.25, -0.2) is 9.59 Å². The Kier molecular flexibility index (Phi) is 14.2. The summed E-state index contributed by atoms with van der Waals surface area (Å²) in [5.74, 6) is -0.351. The smallest absolute Gasteiger partial charge is 0.339 e. The van der Waals surface area contributed by atoms with Gasteiger partial charge in [0.05, 0.1) is 23.5 Å². The number of urea groups is 2. The molecule has 2 saturated heterocycles. The molecular formula is C49H55ClN8O6S. The molecule has 2 aliphatic carbocycles. The van der Waals surface area contributed by atoms with E-state index >= 15 is 0 Å². The first-order valence-electron chi connectivity index (χ1n) is 22.4. The lowest BCUT2D eigenvalue weighted by atomic mass is 9.88. The predicted molar refractivity (Wildman–Crippen MR) is 252 cm³/mol. The van der Waals surface area contributed by atoms with Crippen LogP contribution in [0.15, 0.2) is 89.8 Å². The van der Waals surface area contributed by atoms with Crippen LogP contribution in [0.4, 0.5) is 21.0 Å². The predicted octanol–water partition coefficient (Wildman–Crippen LogP) is 7.13. The van der Waals surface area contributed by atoms with Gasteiger partial charge in [0.15, 0.2) is 11.6 Å². The SMILES string of the molecule is CSc1cc(C(=O)N2CCC(c3cccc(CN)c3)CC2)cc(N(C(=O)NC2CCC2=O)N(C(=O)NC2CCC2=O)c2cc(Cl)cc(C(=O)N3CCC(c4cccc(CN)c4)CC3)c2)c1. The minimum atomic E-state index is -0.845. The Labute approximate surface area is 388 Å². The number of amides is 6. The van der Waals surface area contributed by atoms with Crippen LogP contribution in [0.3, 0.4) is 0 Å². The van der Waals surface area contributed by atoms with Crippen LogP contribution in [0.5, 0.6) is 0 Å². The van der Waals surface area contributed by atoms with E-state index in [0.29, 0.717) is 75.4 Å². The average molecular weight is 920 g/mol. The molecule has 340 valence electrons. The number of carbonyl (C=O) groups is 6. The molecule has 2 atom stereocenters. The van der Waals surface area contributed by atoms with Gasteiger partial charge in [-0.05, 0) is 115 Å². The lowest BCUT2D eigenvalue weighted by molar-refractivity contribution is -0.126. The van der Waals surface area contributed by atoms with Crippen molar-refractivity contribution < 1.29 is 28.8 Å². The number of nitrogens with one attached hydrogen (secondary N) is 2. The number of piperidine rings is 2.